The van der Waals surface area contributed by atoms with E-state index in [1.54, 1.807) is 0 Å². The SMILES string of the molecule is CCNC(Cc1ccc(CC)s1)C1(OC)CCOCC1. The number of nitrogens with one attached hydrogen (secondary N) is 1. The third-order valence-corrected chi connectivity index (χ3v) is 5.55. The Kier molecular flexibility index (Phi) is 6.02. The fraction of sp³-hybridized carbons (Fsp3) is 0.750. The number of ether oxygens (including phenoxy) is 2. The van der Waals surface area contributed by atoms with Crippen molar-refractivity contribution in [1.82, 2.24) is 5.32 Å². The normalized spacial score (nSPS) is 19.9. The van der Waals surface area contributed by atoms with Crippen LogP contribution in [0.1, 0.15) is 36.4 Å². The van der Waals surface area contributed by atoms with E-state index < -0.39 is 0 Å². The quantitative estimate of drug-likeness (QED) is 0.839. The van der Waals surface area contributed by atoms with E-state index in [-0.39, 0.29) is 5.60 Å². The monoisotopic (exact) mass is 297 g/mol. The first-order valence-electron chi connectivity index (χ1n) is 7.68. The second-order valence-corrected chi connectivity index (χ2v) is 6.67. The van der Waals surface area contributed by atoms with Crippen molar-refractivity contribution >= 4 is 11.3 Å². The highest BCUT2D eigenvalue weighted by Gasteiger charge is 2.40. The first-order valence-corrected chi connectivity index (χ1v) is 8.49. The van der Waals surface area contributed by atoms with Crippen LogP contribution in [0.3, 0.4) is 0 Å². The van der Waals surface area contributed by atoms with Gasteiger partial charge in [-0.05, 0) is 31.5 Å². The molecule has 0 aromatic carbocycles. The van der Waals surface area contributed by atoms with Crippen LogP contribution in [-0.2, 0) is 22.3 Å². The number of thiophene rings is 1. The van der Waals surface area contributed by atoms with Crippen molar-refractivity contribution in [2.75, 3.05) is 26.9 Å². The van der Waals surface area contributed by atoms with Gasteiger partial charge in [-0.2, -0.15) is 0 Å². The van der Waals surface area contributed by atoms with Crippen LogP contribution >= 0.6 is 11.3 Å². The first kappa shape index (κ1) is 16.0. The molecule has 1 fully saturated rings. The molecule has 1 aliphatic rings. The topological polar surface area (TPSA) is 30.5 Å². The zero-order valence-electron chi connectivity index (χ0n) is 12.9. The molecule has 1 saturated heterocycles. The Labute approximate surface area is 126 Å². The Balaban J connectivity index is 2.11. The van der Waals surface area contributed by atoms with E-state index in [1.165, 1.54) is 9.75 Å². The van der Waals surface area contributed by atoms with Crippen LogP contribution in [0.4, 0.5) is 0 Å². The van der Waals surface area contributed by atoms with E-state index in [0.29, 0.717) is 6.04 Å². The third kappa shape index (κ3) is 3.61. The van der Waals surface area contributed by atoms with Crippen LogP contribution < -0.4 is 5.32 Å². The molecular weight excluding hydrogens is 270 g/mol. The summed E-state index contributed by atoms with van der Waals surface area (Å²) in [7, 11) is 1.85. The number of hydrogen-bond donors (Lipinski definition) is 1. The van der Waals surface area contributed by atoms with E-state index in [1.807, 2.05) is 18.4 Å². The maximum Gasteiger partial charge on any atom is 0.0878 e. The van der Waals surface area contributed by atoms with Gasteiger partial charge >= 0.3 is 0 Å². The molecule has 4 heteroatoms. The van der Waals surface area contributed by atoms with Gasteiger partial charge in [0, 0.05) is 49.0 Å². The molecule has 1 aromatic heterocycles. The van der Waals surface area contributed by atoms with E-state index in [0.717, 1.165) is 45.4 Å². The molecule has 0 amide bonds. The molecule has 2 heterocycles. The van der Waals surface area contributed by atoms with Gasteiger partial charge in [0.2, 0.25) is 0 Å². The molecule has 1 aliphatic heterocycles. The highest BCUT2D eigenvalue weighted by atomic mass is 32.1. The van der Waals surface area contributed by atoms with Crippen molar-refractivity contribution in [3.05, 3.63) is 21.9 Å². The summed E-state index contributed by atoms with van der Waals surface area (Å²) in [5.74, 6) is 0. The lowest BCUT2D eigenvalue weighted by atomic mass is 9.83. The summed E-state index contributed by atoms with van der Waals surface area (Å²) in [5, 5.41) is 3.65. The summed E-state index contributed by atoms with van der Waals surface area (Å²) in [6.07, 6.45) is 4.13. The summed E-state index contributed by atoms with van der Waals surface area (Å²) < 4.78 is 11.5. The lowest BCUT2D eigenvalue weighted by Gasteiger charge is -2.42. The lowest BCUT2D eigenvalue weighted by molar-refractivity contribution is -0.110. The molecule has 20 heavy (non-hydrogen) atoms. The van der Waals surface area contributed by atoms with Crippen LogP contribution in [0.15, 0.2) is 12.1 Å². The van der Waals surface area contributed by atoms with E-state index >= 15 is 0 Å². The van der Waals surface area contributed by atoms with Gasteiger partial charge in [0.05, 0.1) is 5.60 Å². The standard InChI is InChI=1S/C16H27NO2S/c1-4-13-6-7-14(20-13)12-15(17-5-2)16(18-3)8-10-19-11-9-16/h6-7,15,17H,4-5,8-12H2,1-3H3. The Morgan fingerprint density at radius 3 is 2.55 bits per heavy atom. The second kappa shape index (κ2) is 7.55. The summed E-state index contributed by atoms with van der Waals surface area (Å²) in [6, 6.07) is 4.90. The first-order chi connectivity index (χ1) is 9.74. The zero-order chi connectivity index (χ0) is 14.4. The minimum Gasteiger partial charge on any atom is -0.381 e. The summed E-state index contributed by atoms with van der Waals surface area (Å²) in [5.41, 5.74) is -0.0787. The average Bonchev–Trinajstić information content (AvgIpc) is 2.95. The molecule has 0 aliphatic carbocycles. The van der Waals surface area contributed by atoms with Crippen molar-refractivity contribution in [3.63, 3.8) is 0 Å². The van der Waals surface area contributed by atoms with E-state index in [9.17, 15) is 0 Å². The molecule has 0 spiro atoms. The molecule has 0 saturated carbocycles. The van der Waals surface area contributed by atoms with Crippen LogP contribution in [0.2, 0.25) is 0 Å². The van der Waals surface area contributed by atoms with E-state index in [4.69, 9.17) is 9.47 Å². The second-order valence-electron chi connectivity index (χ2n) is 5.42. The molecular formula is C16H27NO2S. The van der Waals surface area contributed by atoms with Crippen LogP contribution in [0.25, 0.3) is 0 Å². The zero-order valence-corrected chi connectivity index (χ0v) is 13.7. The summed E-state index contributed by atoms with van der Waals surface area (Å²) in [4.78, 5) is 2.92. The van der Waals surface area contributed by atoms with Crippen molar-refractivity contribution < 1.29 is 9.47 Å². The van der Waals surface area contributed by atoms with Crippen molar-refractivity contribution in [2.45, 2.75) is 51.2 Å². The van der Waals surface area contributed by atoms with Gasteiger partial charge < -0.3 is 14.8 Å². The van der Waals surface area contributed by atoms with Gasteiger partial charge in [0.15, 0.2) is 0 Å². The highest BCUT2D eigenvalue weighted by molar-refractivity contribution is 7.11. The molecule has 1 unspecified atom stereocenters. The Bertz CT molecular complexity index is 399. The van der Waals surface area contributed by atoms with Gasteiger partial charge in [-0.25, -0.2) is 0 Å². The van der Waals surface area contributed by atoms with Gasteiger partial charge in [-0.15, -0.1) is 11.3 Å². The number of hydrogen-bond acceptors (Lipinski definition) is 4. The number of likely N-dealkylation sites (N-methyl/N-ethyl adjacent to an activating group) is 1. The fourth-order valence-electron chi connectivity index (χ4n) is 3.03. The molecule has 0 bridgehead atoms. The fourth-order valence-corrected chi connectivity index (χ4v) is 4.03. The molecule has 114 valence electrons. The highest BCUT2D eigenvalue weighted by Crippen LogP contribution is 2.31. The van der Waals surface area contributed by atoms with Gasteiger partial charge in [0.25, 0.3) is 0 Å². The maximum atomic E-state index is 5.96. The molecule has 0 radical (unpaired) electrons. The smallest absolute Gasteiger partial charge is 0.0878 e. The number of methoxy groups -OCH3 is 1. The summed E-state index contributed by atoms with van der Waals surface area (Å²) >= 11 is 1.93. The number of aryl methyl sites for hydroxylation is 1. The number of rotatable bonds is 7. The van der Waals surface area contributed by atoms with Crippen LogP contribution in [0, 0.1) is 0 Å². The van der Waals surface area contributed by atoms with Gasteiger partial charge in [0.1, 0.15) is 0 Å². The Hall–Kier alpha value is -0.420. The molecule has 2 rings (SSSR count). The molecule has 1 aromatic rings. The Morgan fingerprint density at radius 1 is 1.30 bits per heavy atom. The molecule has 1 atom stereocenters. The lowest BCUT2D eigenvalue weighted by Crippen LogP contribution is -2.56. The third-order valence-electron chi connectivity index (χ3n) is 4.30. The van der Waals surface area contributed by atoms with Crippen molar-refractivity contribution in [3.8, 4) is 0 Å². The maximum absolute atomic E-state index is 5.96. The van der Waals surface area contributed by atoms with Crippen molar-refractivity contribution in [1.29, 1.82) is 0 Å². The molecule has 3 nitrogen and oxygen atoms in total. The average molecular weight is 297 g/mol. The minimum atomic E-state index is -0.0787. The van der Waals surface area contributed by atoms with Crippen molar-refractivity contribution in [2.24, 2.45) is 0 Å². The van der Waals surface area contributed by atoms with Gasteiger partial charge in [-0.1, -0.05) is 13.8 Å². The predicted molar refractivity (Wildman–Crippen MR) is 84.7 cm³/mol. The van der Waals surface area contributed by atoms with Crippen LogP contribution in [-0.4, -0.2) is 38.5 Å². The largest absolute Gasteiger partial charge is 0.381 e. The summed E-state index contributed by atoms with van der Waals surface area (Å²) in [6.45, 7) is 6.97. The Morgan fingerprint density at radius 2 is 2.00 bits per heavy atom. The molecule has 1 N–H and O–H groups in total. The minimum absolute atomic E-state index is 0.0787. The van der Waals surface area contributed by atoms with Crippen LogP contribution in [0.5, 0.6) is 0 Å². The van der Waals surface area contributed by atoms with Gasteiger partial charge in [-0.3, -0.25) is 0 Å². The predicted octanol–water partition coefficient (Wildman–Crippen LogP) is 3.03. The van der Waals surface area contributed by atoms with E-state index in [2.05, 4.69) is 31.3 Å².